The van der Waals surface area contributed by atoms with Crippen molar-refractivity contribution >= 4 is 11.8 Å². The molecule has 0 saturated carbocycles. The van der Waals surface area contributed by atoms with Gasteiger partial charge in [0.05, 0.1) is 6.10 Å². The molecule has 0 spiro atoms. The molecule has 1 rings (SSSR count). The Bertz CT molecular complexity index is 265. The number of benzene rings is 1. The molecule has 0 aliphatic rings. The van der Waals surface area contributed by atoms with Gasteiger partial charge in [-0.15, -0.1) is 0 Å². The number of thioether (sulfide) groups is 1. The van der Waals surface area contributed by atoms with Crippen molar-refractivity contribution in [3.05, 3.63) is 35.6 Å². The third-order valence-electron chi connectivity index (χ3n) is 1.83. The summed E-state index contributed by atoms with van der Waals surface area (Å²) in [6, 6.07) is 6.12. The number of hydrogen-bond donors (Lipinski definition) is 1. The molecule has 0 amide bonds. The van der Waals surface area contributed by atoms with E-state index in [-0.39, 0.29) is 5.82 Å². The Kier molecular flexibility index (Phi) is 4.25. The van der Waals surface area contributed by atoms with Crippen molar-refractivity contribution in [3.8, 4) is 0 Å². The SMILES string of the molecule is CSCCC(O)c1cccc(F)c1. The van der Waals surface area contributed by atoms with E-state index in [9.17, 15) is 9.50 Å². The van der Waals surface area contributed by atoms with Gasteiger partial charge >= 0.3 is 0 Å². The first-order chi connectivity index (χ1) is 6.24. The Labute approximate surface area is 82.0 Å². The fourth-order valence-corrected chi connectivity index (χ4v) is 1.57. The molecule has 72 valence electrons. The molecule has 1 N–H and O–H groups in total. The summed E-state index contributed by atoms with van der Waals surface area (Å²) >= 11 is 1.68. The summed E-state index contributed by atoms with van der Waals surface area (Å²) in [5.74, 6) is 0.596. The van der Waals surface area contributed by atoms with Crippen LogP contribution in [0.4, 0.5) is 4.39 Å². The average molecular weight is 200 g/mol. The van der Waals surface area contributed by atoms with Crippen LogP contribution in [0.2, 0.25) is 0 Å². The lowest BCUT2D eigenvalue weighted by atomic mass is 10.1. The standard InChI is InChI=1S/C10H13FOS/c1-13-6-5-10(12)8-3-2-4-9(11)7-8/h2-4,7,10,12H,5-6H2,1H3. The van der Waals surface area contributed by atoms with Gasteiger partial charge in [0.1, 0.15) is 5.82 Å². The van der Waals surface area contributed by atoms with E-state index in [1.807, 2.05) is 6.26 Å². The predicted molar refractivity (Wildman–Crippen MR) is 54.4 cm³/mol. The molecule has 1 nitrogen and oxygen atoms in total. The maximum absolute atomic E-state index is 12.7. The minimum Gasteiger partial charge on any atom is -0.388 e. The van der Waals surface area contributed by atoms with Gasteiger partial charge in [0.15, 0.2) is 0 Å². The highest BCUT2D eigenvalue weighted by molar-refractivity contribution is 7.98. The van der Waals surface area contributed by atoms with Crippen LogP contribution in [0.5, 0.6) is 0 Å². The fraction of sp³-hybridized carbons (Fsp3) is 0.400. The van der Waals surface area contributed by atoms with Gasteiger partial charge in [-0.3, -0.25) is 0 Å². The molecule has 1 aromatic rings. The van der Waals surface area contributed by atoms with Crippen LogP contribution in [-0.4, -0.2) is 17.1 Å². The molecule has 3 heteroatoms. The second kappa shape index (κ2) is 5.25. The summed E-state index contributed by atoms with van der Waals surface area (Å²) < 4.78 is 12.7. The molecule has 1 unspecified atom stereocenters. The fourth-order valence-electron chi connectivity index (χ4n) is 1.11. The maximum atomic E-state index is 12.7. The number of aliphatic hydroxyl groups excluding tert-OH is 1. The zero-order chi connectivity index (χ0) is 9.68. The first kappa shape index (κ1) is 10.5. The molecule has 13 heavy (non-hydrogen) atoms. The van der Waals surface area contributed by atoms with Crippen LogP contribution >= 0.6 is 11.8 Å². The van der Waals surface area contributed by atoms with Gasteiger partial charge < -0.3 is 5.11 Å². The number of aliphatic hydroxyl groups is 1. The molecule has 0 aromatic heterocycles. The monoisotopic (exact) mass is 200 g/mol. The normalized spacial score (nSPS) is 12.8. The van der Waals surface area contributed by atoms with E-state index in [0.717, 1.165) is 5.75 Å². The summed E-state index contributed by atoms with van der Waals surface area (Å²) in [7, 11) is 0. The van der Waals surface area contributed by atoms with E-state index in [1.165, 1.54) is 12.1 Å². The minimum absolute atomic E-state index is 0.291. The van der Waals surface area contributed by atoms with Crippen molar-refractivity contribution in [3.63, 3.8) is 0 Å². The van der Waals surface area contributed by atoms with Gasteiger partial charge in [-0.05, 0) is 36.1 Å². The van der Waals surface area contributed by atoms with Crippen LogP contribution in [0.25, 0.3) is 0 Å². The minimum atomic E-state index is -0.539. The maximum Gasteiger partial charge on any atom is 0.123 e. The number of hydrogen-bond acceptors (Lipinski definition) is 2. The van der Waals surface area contributed by atoms with Crippen LogP contribution in [0.1, 0.15) is 18.1 Å². The molecule has 0 aliphatic heterocycles. The second-order valence-corrected chi connectivity index (χ2v) is 3.84. The van der Waals surface area contributed by atoms with E-state index in [1.54, 1.807) is 23.9 Å². The molecule has 0 bridgehead atoms. The molecule has 1 aromatic carbocycles. The Balaban J connectivity index is 2.60. The summed E-state index contributed by atoms with van der Waals surface area (Å²) in [4.78, 5) is 0. The summed E-state index contributed by atoms with van der Waals surface area (Å²) in [5, 5.41) is 9.60. The van der Waals surface area contributed by atoms with Gasteiger partial charge in [-0.25, -0.2) is 4.39 Å². The van der Waals surface area contributed by atoms with Gasteiger partial charge in [0.25, 0.3) is 0 Å². The van der Waals surface area contributed by atoms with Crippen LogP contribution < -0.4 is 0 Å². The molecule has 0 saturated heterocycles. The molecule has 0 radical (unpaired) electrons. The van der Waals surface area contributed by atoms with Gasteiger partial charge in [-0.1, -0.05) is 12.1 Å². The van der Waals surface area contributed by atoms with Crippen molar-refractivity contribution in [2.24, 2.45) is 0 Å². The van der Waals surface area contributed by atoms with Crippen LogP contribution in [0, 0.1) is 5.82 Å². The number of halogens is 1. The van der Waals surface area contributed by atoms with Crippen LogP contribution in [-0.2, 0) is 0 Å². The van der Waals surface area contributed by atoms with E-state index in [2.05, 4.69) is 0 Å². The smallest absolute Gasteiger partial charge is 0.123 e. The third kappa shape index (κ3) is 3.36. The largest absolute Gasteiger partial charge is 0.388 e. The molecular formula is C10H13FOS. The number of rotatable bonds is 4. The van der Waals surface area contributed by atoms with Crippen LogP contribution in [0.15, 0.2) is 24.3 Å². The topological polar surface area (TPSA) is 20.2 Å². The van der Waals surface area contributed by atoms with Gasteiger partial charge in [0.2, 0.25) is 0 Å². The summed E-state index contributed by atoms with van der Waals surface area (Å²) in [6.45, 7) is 0. The van der Waals surface area contributed by atoms with E-state index in [0.29, 0.717) is 12.0 Å². The van der Waals surface area contributed by atoms with Gasteiger partial charge in [0, 0.05) is 0 Å². The average Bonchev–Trinajstić information content (AvgIpc) is 2.14. The van der Waals surface area contributed by atoms with Crippen LogP contribution in [0.3, 0.4) is 0 Å². The Hall–Kier alpha value is -0.540. The lowest BCUT2D eigenvalue weighted by molar-refractivity contribution is 0.174. The quantitative estimate of drug-likeness (QED) is 0.806. The highest BCUT2D eigenvalue weighted by Gasteiger charge is 2.06. The first-order valence-corrected chi connectivity index (χ1v) is 5.56. The second-order valence-electron chi connectivity index (χ2n) is 2.85. The molecular weight excluding hydrogens is 187 g/mol. The van der Waals surface area contributed by atoms with Crippen molar-refractivity contribution in [1.29, 1.82) is 0 Å². The van der Waals surface area contributed by atoms with E-state index in [4.69, 9.17) is 0 Å². The Morgan fingerprint density at radius 1 is 1.54 bits per heavy atom. The molecule has 0 fully saturated rings. The van der Waals surface area contributed by atoms with E-state index >= 15 is 0 Å². The molecule has 1 atom stereocenters. The van der Waals surface area contributed by atoms with E-state index < -0.39 is 6.10 Å². The summed E-state index contributed by atoms with van der Waals surface area (Å²) in [6.07, 6.45) is 2.12. The lowest BCUT2D eigenvalue weighted by Crippen LogP contribution is -1.99. The molecule has 0 heterocycles. The lowest BCUT2D eigenvalue weighted by Gasteiger charge is -2.09. The Morgan fingerprint density at radius 3 is 2.92 bits per heavy atom. The predicted octanol–water partition coefficient (Wildman–Crippen LogP) is 2.61. The third-order valence-corrected chi connectivity index (χ3v) is 2.47. The van der Waals surface area contributed by atoms with Crippen molar-refractivity contribution in [2.75, 3.05) is 12.0 Å². The highest BCUT2D eigenvalue weighted by atomic mass is 32.2. The van der Waals surface area contributed by atoms with Crippen molar-refractivity contribution in [2.45, 2.75) is 12.5 Å². The molecule has 0 aliphatic carbocycles. The zero-order valence-electron chi connectivity index (χ0n) is 7.53. The van der Waals surface area contributed by atoms with Gasteiger partial charge in [-0.2, -0.15) is 11.8 Å². The summed E-state index contributed by atoms with van der Waals surface area (Å²) in [5.41, 5.74) is 0.661. The van der Waals surface area contributed by atoms with Crippen molar-refractivity contribution < 1.29 is 9.50 Å². The Morgan fingerprint density at radius 2 is 2.31 bits per heavy atom. The zero-order valence-corrected chi connectivity index (χ0v) is 8.35. The first-order valence-electron chi connectivity index (χ1n) is 4.16. The highest BCUT2D eigenvalue weighted by Crippen LogP contribution is 2.18. The van der Waals surface area contributed by atoms with Crippen molar-refractivity contribution in [1.82, 2.24) is 0 Å².